The molecule has 1 aromatic carbocycles. The SMILES string of the molecule is CCOC(=O)c1cnn2c(N(C)Cc3ccccc3)cc(-c3cnc4n(C5COC[C@H]5OC)cccc3-4)nc12. The first-order valence-corrected chi connectivity index (χ1v) is 13.0. The molecule has 10 heteroatoms. The van der Waals surface area contributed by atoms with E-state index in [1.165, 1.54) is 6.20 Å². The highest BCUT2D eigenvalue weighted by atomic mass is 16.5. The highest BCUT2D eigenvalue weighted by Gasteiger charge is 2.32. The lowest BCUT2D eigenvalue weighted by molar-refractivity contribution is 0.0528. The fraction of sp³-hybridized carbons (Fsp3) is 0.310. The number of benzene rings is 1. The molecular weight excluding hydrogens is 496 g/mol. The largest absolute Gasteiger partial charge is 0.462 e. The third-order valence-electron chi connectivity index (χ3n) is 7.14. The first-order valence-electron chi connectivity index (χ1n) is 13.0. The minimum atomic E-state index is -0.455. The zero-order valence-corrected chi connectivity index (χ0v) is 22.2. The lowest BCUT2D eigenvalue weighted by atomic mass is 10.1. The van der Waals surface area contributed by atoms with Crippen molar-refractivity contribution in [3.05, 3.63) is 78.2 Å². The van der Waals surface area contributed by atoms with Gasteiger partial charge in [0.2, 0.25) is 0 Å². The van der Waals surface area contributed by atoms with Crippen molar-refractivity contribution in [1.29, 1.82) is 0 Å². The molecule has 6 rings (SSSR count). The Kier molecular flexibility index (Phi) is 6.72. The van der Waals surface area contributed by atoms with Gasteiger partial charge in [0.15, 0.2) is 5.65 Å². The van der Waals surface area contributed by atoms with Gasteiger partial charge in [-0.05, 0) is 24.6 Å². The van der Waals surface area contributed by atoms with Crippen LogP contribution in [0, 0.1) is 0 Å². The number of methoxy groups -OCH3 is 1. The van der Waals surface area contributed by atoms with E-state index in [1.807, 2.05) is 55.8 Å². The van der Waals surface area contributed by atoms with Crippen LogP contribution in [0.5, 0.6) is 0 Å². The number of hydrogen-bond donors (Lipinski definition) is 0. The topological polar surface area (TPSA) is 96.0 Å². The first-order chi connectivity index (χ1) is 19.1. The fourth-order valence-corrected chi connectivity index (χ4v) is 5.19. The number of fused-ring (bicyclic) bond motifs is 2. The summed E-state index contributed by atoms with van der Waals surface area (Å²) in [5, 5.41) is 4.52. The van der Waals surface area contributed by atoms with E-state index in [-0.39, 0.29) is 18.8 Å². The molecule has 3 aliphatic rings. The van der Waals surface area contributed by atoms with Crippen molar-refractivity contribution >= 4 is 17.4 Å². The second-order valence-electron chi connectivity index (χ2n) is 9.56. The summed E-state index contributed by atoms with van der Waals surface area (Å²) in [6.45, 7) is 3.80. The average Bonchev–Trinajstić information content (AvgIpc) is 3.71. The molecule has 2 aromatic heterocycles. The Hall–Kier alpha value is -4.28. The molecule has 0 spiro atoms. The number of aromatic nitrogens is 5. The van der Waals surface area contributed by atoms with E-state index >= 15 is 0 Å². The van der Waals surface area contributed by atoms with Gasteiger partial charge in [-0.25, -0.2) is 14.8 Å². The van der Waals surface area contributed by atoms with Gasteiger partial charge in [0, 0.05) is 50.3 Å². The molecule has 0 bridgehead atoms. The number of rotatable bonds is 8. The van der Waals surface area contributed by atoms with Crippen LogP contribution >= 0.6 is 0 Å². The summed E-state index contributed by atoms with van der Waals surface area (Å²) in [5.41, 5.74) is 4.40. The molecule has 0 saturated carbocycles. The highest BCUT2D eigenvalue weighted by molar-refractivity contribution is 5.96. The fourth-order valence-electron chi connectivity index (χ4n) is 5.19. The van der Waals surface area contributed by atoms with Gasteiger partial charge >= 0.3 is 5.97 Å². The van der Waals surface area contributed by atoms with Crippen molar-refractivity contribution in [2.75, 3.05) is 38.9 Å². The molecule has 5 heterocycles. The Morgan fingerprint density at radius 2 is 1.97 bits per heavy atom. The number of carbonyl (C=O) groups is 1. The maximum atomic E-state index is 12.8. The Morgan fingerprint density at radius 3 is 2.77 bits per heavy atom. The summed E-state index contributed by atoms with van der Waals surface area (Å²) < 4.78 is 20.5. The minimum Gasteiger partial charge on any atom is -0.462 e. The monoisotopic (exact) mass is 526 g/mol. The van der Waals surface area contributed by atoms with Crippen LogP contribution < -0.4 is 4.90 Å². The standard InChI is InChI=1S/C29H30N6O4/c1-4-39-29(36)22-15-31-35-26(33(2)16-19-9-6-5-7-10-19)13-23(32-28(22)35)21-14-30-27-20(21)11-8-12-34(27)24-17-38-18-25(24)37-3/h5-15,24-25H,4,16-18H2,1-3H3/t24?,25-/m1/s1. The third-order valence-corrected chi connectivity index (χ3v) is 7.14. The number of carbonyl (C=O) groups excluding carboxylic acids is 1. The maximum absolute atomic E-state index is 12.8. The molecule has 10 nitrogen and oxygen atoms in total. The number of ether oxygens (including phenoxy) is 3. The predicted octanol–water partition coefficient (Wildman–Crippen LogP) is 4.10. The molecule has 0 amide bonds. The van der Waals surface area contributed by atoms with Crippen molar-refractivity contribution in [2.45, 2.75) is 25.6 Å². The molecule has 1 unspecified atom stereocenters. The summed E-state index contributed by atoms with van der Waals surface area (Å²) in [4.78, 5) is 24.6. The average molecular weight is 527 g/mol. The maximum Gasteiger partial charge on any atom is 0.343 e. The van der Waals surface area contributed by atoms with Gasteiger partial charge in [0.1, 0.15) is 23.3 Å². The highest BCUT2D eigenvalue weighted by Crippen LogP contribution is 2.37. The van der Waals surface area contributed by atoms with Crippen molar-refractivity contribution in [3.63, 3.8) is 0 Å². The van der Waals surface area contributed by atoms with Crippen LogP contribution in [0.3, 0.4) is 0 Å². The van der Waals surface area contributed by atoms with Crippen molar-refractivity contribution in [3.8, 4) is 22.6 Å². The lowest BCUT2D eigenvalue weighted by Crippen LogP contribution is -2.25. The van der Waals surface area contributed by atoms with E-state index in [1.54, 1.807) is 18.5 Å². The summed E-state index contributed by atoms with van der Waals surface area (Å²) in [6.07, 6.45) is 5.31. The zero-order valence-electron chi connectivity index (χ0n) is 22.2. The normalized spacial score (nSPS) is 17.2. The van der Waals surface area contributed by atoms with Gasteiger partial charge in [-0.3, -0.25) is 0 Å². The van der Waals surface area contributed by atoms with Gasteiger partial charge < -0.3 is 23.7 Å². The lowest BCUT2D eigenvalue weighted by Gasteiger charge is -2.22. The molecule has 1 saturated heterocycles. The molecule has 3 aliphatic heterocycles. The number of pyridine rings is 1. The van der Waals surface area contributed by atoms with Crippen LogP contribution in [0.2, 0.25) is 0 Å². The van der Waals surface area contributed by atoms with E-state index < -0.39 is 5.97 Å². The molecule has 1 fully saturated rings. The molecule has 39 heavy (non-hydrogen) atoms. The molecule has 2 atom stereocenters. The van der Waals surface area contributed by atoms with Crippen LogP contribution in [0.15, 0.2) is 67.1 Å². The second-order valence-corrected chi connectivity index (χ2v) is 9.56. The van der Waals surface area contributed by atoms with Crippen molar-refractivity contribution in [2.24, 2.45) is 0 Å². The van der Waals surface area contributed by atoms with E-state index in [0.717, 1.165) is 28.3 Å². The van der Waals surface area contributed by atoms with Gasteiger partial charge in [0.05, 0.1) is 37.8 Å². The molecule has 200 valence electrons. The van der Waals surface area contributed by atoms with Crippen LogP contribution in [-0.4, -0.2) is 70.2 Å². The molecular formula is C29H30N6O4. The van der Waals surface area contributed by atoms with E-state index in [9.17, 15) is 4.79 Å². The summed E-state index contributed by atoms with van der Waals surface area (Å²) in [5.74, 6) is 1.16. The quantitative estimate of drug-likeness (QED) is 0.279. The van der Waals surface area contributed by atoms with E-state index in [4.69, 9.17) is 24.2 Å². The minimum absolute atomic E-state index is 0.0229. The molecule has 0 N–H and O–H groups in total. The van der Waals surface area contributed by atoms with Crippen molar-refractivity contribution < 1.29 is 19.0 Å². The Labute approximate surface area is 226 Å². The van der Waals surface area contributed by atoms with Gasteiger partial charge in [-0.1, -0.05) is 30.3 Å². The van der Waals surface area contributed by atoms with Gasteiger partial charge in [-0.15, -0.1) is 0 Å². The predicted molar refractivity (Wildman–Crippen MR) is 146 cm³/mol. The number of esters is 1. The number of nitrogens with zero attached hydrogens (tertiary/aromatic N) is 6. The molecule has 3 aromatic rings. The van der Waals surface area contributed by atoms with Gasteiger partial charge in [-0.2, -0.15) is 9.61 Å². The number of anilines is 1. The van der Waals surface area contributed by atoms with Crippen LogP contribution in [-0.2, 0) is 20.8 Å². The summed E-state index contributed by atoms with van der Waals surface area (Å²) in [7, 11) is 3.70. The van der Waals surface area contributed by atoms with Gasteiger partial charge in [0.25, 0.3) is 0 Å². The van der Waals surface area contributed by atoms with Crippen LogP contribution in [0.25, 0.3) is 28.3 Å². The number of hydrogen-bond acceptors (Lipinski definition) is 8. The van der Waals surface area contributed by atoms with E-state index in [2.05, 4.69) is 26.7 Å². The Morgan fingerprint density at radius 1 is 1.13 bits per heavy atom. The molecule has 0 radical (unpaired) electrons. The van der Waals surface area contributed by atoms with Crippen LogP contribution in [0.4, 0.5) is 5.82 Å². The third kappa shape index (κ3) is 4.51. The second kappa shape index (κ2) is 10.5. The Balaban J connectivity index is 1.46. The smallest absolute Gasteiger partial charge is 0.343 e. The summed E-state index contributed by atoms with van der Waals surface area (Å²) >= 11 is 0. The first kappa shape index (κ1) is 25.0. The molecule has 0 aliphatic carbocycles. The zero-order chi connectivity index (χ0) is 26.9. The summed E-state index contributed by atoms with van der Waals surface area (Å²) in [6, 6.07) is 16.2. The van der Waals surface area contributed by atoms with Crippen molar-refractivity contribution in [1.82, 2.24) is 24.1 Å². The van der Waals surface area contributed by atoms with E-state index in [0.29, 0.717) is 36.7 Å². The van der Waals surface area contributed by atoms with Crippen LogP contribution in [0.1, 0.15) is 28.9 Å². The Bertz CT molecular complexity index is 1580.